The van der Waals surface area contributed by atoms with Crippen molar-refractivity contribution in [2.45, 2.75) is 12.8 Å². The molecule has 0 aliphatic heterocycles. The summed E-state index contributed by atoms with van der Waals surface area (Å²) in [5, 5.41) is 0. The van der Waals surface area contributed by atoms with Crippen molar-refractivity contribution >= 4 is 0 Å². The Labute approximate surface area is 153 Å². The molecule has 0 heterocycles. The average Bonchev–Trinajstić information content (AvgIpc) is 2.64. The van der Waals surface area contributed by atoms with Crippen molar-refractivity contribution in [3.63, 3.8) is 0 Å². The highest BCUT2D eigenvalue weighted by Gasteiger charge is 2.15. The van der Waals surface area contributed by atoms with Gasteiger partial charge in [-0.15, -0.1) is 6.58 Å². The van der Waals surface area contributed by atoms with E-state index in [2.05, 4.69) is 6.58 Å². The van der Waals surface area contributed by atoms with Crippen molar-refractivity contribution in [3.8, 4) is 22.3 Å². The predicted octanol–water partition coefficient (Wildman–Crippen LogP) is 6.83. The number of hydrogen-bond acceptors (Lipinski definition) is 0. The molecule has 0 saturated heterocycles. The smallest absolute Gasteiger partial charge is 0.194 e. The monoisotopic (exact) mass is 374 g/mol. The molecule has 0 aliphatic carbocycles. The summed E-state index contributed by atoms with van der Waals surface area (Å²) in [5.41, 5.74) is 1.03. The number of benzene rings is 3. The van der Waals surface area contributed by atoms with Gasteiger partial charge >= 0.3 is 0 Å². The second kappa shape index (κ2) is 7.74. The lowest BCUT2D eigenvalue weighted by molar-refractivity contribution is 0.447. The lowest BCUT2D eigenvalue weighted by atomic mass is 9.97. The van der Waals surface area contributed by atoms with Gasteiger partial charge in [0.05, 0.1) is 0 Å². The van der Waals surface area contributed by atoms with Gasteiger partial charge in [-0.1, -0.05) is 30.3 Å². The minimum absolute atomic E-state index is 0.112. The van der Waals surface area contributed by atoms with Crippen LogP contribution in [-0.4, -0.2) is 0 Å². The van der Waals surface area contributed by atoms with Crippen LogP contribution < -0.4 is 0 Å². The van der Waals surface area contributed by atoms with E-state index in [4.69, 9.17) is 0 Å². The van der Waals surface area contributed by atoms with E-state index in [1.807, 2.05) is 0 Å². The van der Waals surface area contributed by atoms with Crippen LogP contribution in [0.15, 0.2) is 61.2 Å². The Hall–Kier alpha value is -2.95. The van der Waals surface area contributed by atoms with Crippen LogP contribution in [0, 0.1) is 29.1 Å². The molecule has 0 amide bonds. The molecule has 3 aromatic rings. The van der Waals surface area contributed by atoms with E-state index < -0.39 is 29.1 Å². The molecule has 27 heavy (non-hydrogen) atoms. The Morgan fingerprint density at radius 2 is 1.22 bits per heavy atom. The highest BCUT2D eigenvalue weighted by molar-refractivity contribution is 5.71. The van der Waals surface area contributed by atoms with Crippen molar-refractivity contribution in [3.05, 3.63) is 95.8 Å². The first-order valence-corrected chi connectivity index (χ1v) is 8.25. The van der Waals surface area contributed by atoms with Crippen molar-refractivity contribution in [1.29, 1.82) is 0 Å². The van der Waals surface area contributed by atoms with E-state index in [-0.39, 0.29) is 22.3 Å². The lowest BCUT2D eigenvalue weighted by Gasteiger charge is -2.10. The third-order valence-corrected chi connectivity index (χ3v) is 4.25. The van der Waals surface area contributed by atoms with Crippen LogP contribution in [-0.2, 0) is 6.42 Å². The molecule has 138 valence electrons. The fourth-order valence-corrected chi connectivity index (χ4v) is 2.84. The number of allylic oxidation sites excluding steroid dienone is 1. The second-order valence-corrected chi connectivity index (χ2v) is 6.09. The molecule has 0 atom stereocenters. The van der Waals surface area contributed by atoms with Crippen LogP contribution in [0.3, 0.4) is 0 Å². The van der Waals surface area contributed by atoms with Gasteiger partial charge in [0, 0.05) is 11.1 Å². The minimum atomic E-state index is -1.62. The lowest BCUT2D eigenvalue weighted by Crippen LogP contribution is -1.94. The number of hydrogen-bond donors (Lipinski definition) is 0. The van der Waals surface area contributed by atoms with E-state index in [0.29, 0.717) is 25.0 Å². The Morgan fingerprint density at radius 3 is 1.81 bits per heavy atom. The summed E-state index contributed by atoms with van der Waals surface area (Å²) < 4.78 is 68.7. The largest absolute Gasteiger partial charge is 0.206 e. The quantitative estimate of drug-likeness (QED) is 0.261. The van der Waals surface area contributed by atoms with Gasteiger partial charge in [-0.2, -0.15) is 0 Å². The molecule has 5 heteroatoms. The summed E-state index contributed by atoms with van der Waals surface area (Å²) in [4.78, 5) is 0. The molecule has 0 fully saturated rings. The van der Waals surface area contributed by atoms with Crippen molar-refractivity contribution < 1.29 is 22.0 Å². The molecule has 0 aromatic heterocycles. The topological polar surface area (TPSA) is 0 Å². The summed E-state index contributed by atoms with van der Waals surface area (Å²) in [6.45, 7) is 3.62. The maximum Gasteiger partial charge on any atom is 0.194 e. The van der Waals surface area contributed by atoms with E-state index in [1.54, 1.807) is 18.2 Å². The molecule has 0 aliphatic rings. The van der Waals surface area contributed by atoms with Gasteiger partial charge in [0.25, 0.3) is 0 Å². The molecule has 0 radical (unpaired) electrons. The summed E-state index contributed by atoms with van der Waals surface area (Å²) in [5.74, 6) is -5.73. The first-order chi connectivity index (χ1) is 12.9. The van der Waals surface area contributed by atoms with Gasteiger partial charge in [-0.25, -0.2) is 22.0 Å². The van der Waals surface area contributed by atoms with E-state index >= 15 is 0 Å². The Morgan fingerprint density at radius 1 is 0.667 bits per heavy atom. The average molecular weight is 374 g/mol. The zero-order chi connectivity index (χ0) is 19.6. The first kappa shape index (κ1) is 18.8. The Kier molecular flexibility index (Phi) is 5.40. The van der Waals surface area contributed by atoms with Crippen molar-refractivity contribution in [2.24, 2.45) is 0 Å². The molecule has 0 bridgehead atoms. The highest BCUT2D eigenvalue weighted by Crippen LogP contribution is 2.31. The van der Waals surface area contributed by atoms with Crippen LogP contribution >= 0.6 is 0 Å². The SMILES string of the molecule is C=CCCc1ccc(-c2ccc(-c3cc(F)c(F)c(F)c3)c(F)c2)c(F)c1. The van der Waals surface area contributed by atoms with Crippen LogP contribution in [0.5, 0.6) is 0 Å². The Balaban J connectivity index is 1.97. The zero-order valence-electron chi connectivity index (χ0n) is 14.2. The number of halogens is 5. The maximum absolute atomic E-state index is 14.5. The number of rotatable bonds is 5. The van der Waals surface area contributed by atoms with Gasteiger partial charge in [0.1, 0.15) is 11.6 Å². The summed E-state index contributed by atoms with van der Waals surface area (Å²) in [6.07, 6.45) is 3.10. The van der Waals surface area contributed by atoms with Crippen LogP contribution in [0.1, 0.15) is 12.0 Å². The van der Waals surface area contributed by atoms with E-state index in [9.17, 15) is 22.0 Å². The van der Waals surface area contributed by atoms with Crippen molar-refractivity contribution in [2.75, 3.05) is 0 Å². The molecule has 0 saturated carbocycles. The fourth-order valence-electron chi connectivity index (χ4n) is 2.84. The van der Waals surface area contributed by atoms with E-state index in [1.165, 1.54) is 18.2 Å². The summed E-state index contributed by atoms with van der Waals surface area (Å²) >= 11 is 0. The van der Waals surface area contributed by atoms with Crippen molar-refractivity contribution in [1.82, 2.24) is 0 Å². The van der Waals surface area contributed by atoms with E-state index in [0.717, 1.165) is 11.6 Å². The Bertz CT molecular complexity index is 985. The molecular weight excluding hydrogens is 359 g/mol. The molecule has 0 N–H and O–H groups in total. The molecule has 3 rings (SSSR count). The van der Waals surface area contributed by atoms with Gasteiger partial charge in [-0.3, -0.25) is 0 Å². The first-order valence-electron chi connectivity index (χ1n) is 8.25. The maximum atomic E-state index is 14.5. The highest BCUT2D eigenvalue weighted by atomic mass is 19.2. The molecule has 0 spiro atoms. The minimum Gasteiger partial charge on any atom is -0.206 e. The summed E-state index contributed by atoms with van der Waals surface area (Å²) in [7, 11) is 0. The van der Waals surface area contributed by atoms with Gasteiger partial charge < -0.3 is 0 Å². The van der Waals surface area contributed by atoms with Gasteiger partial charge in [0.15, 0.2) is 17.5 Å². The van der Waals surface area contributed by atoms with Gasteiger partial charge in [0.2, 0.25) is 0 Å². The summed E-state index contributed by atoms with van der Waals surface area (Å²) in [6, 6.07) is 9.92. The van der Waals surface area contributed by atoms with Crippen LogP contribution in [0.2, 0.25) is 0 Å². The zero-order valence-corrected chi connectivity index (χ0v) is 14.2. The molecule has 3 aromatic carbocycles. The van der Waals surface area contributed by atoms with Gasteiger partial charge in [-0.05, 0) is 53.8 Å². The standard InChI is InChI=1S/C22H15F5/c1-2-3-4-13-5-7-16(18(23)9-13)14-6-8-17(19(24)10-14)15-11-20(25)22(27)21(26)12-15/h2,5-12H,1,3-4H2. The fraction of sp³-hybridized carbons (Fsp3) is 0.0909. The third-order valence-electron chi connectivity index (χ3n) is 4.25. The van der Waals surface area contributed by atoms with Crippen LogP contribution in [0.25, 0.3) is 22.3 Å². The molecular formula is C22H15F5. The third kappa shape index (κ3) is 3.92. The number of aryl methyl sites for hydroxylation is 1. The predicted molar refractivity (Wildman–Crippen MR) is 95.6 cm³/mol. The molecule has 0 nitrogen and oxygen atoms in total. The second-order valence-electron chi connectivity index (χ2n) is 6.09. The molecule has 0 unspecified atom stereocenters. The normalized spacial score (nSPS) is 10.9. The van der Waals surface area contributed by atoms with Crippen LogP contribution in [0.4, 0.5) is 22.0 Å².